The van der Waals surface area contributed by atoms with Gasteiger partial charge in [-0.1, -0.05) is 36.4 Å². The number of ether oxygens (including phenoxy) is 2. The number of para-hydroxylation sites is 2. The molecular formula is C26H21N3O7. The molecule has 0 unspecified atom stereocenters. The van der Waals surface area contributed by atoms with Crippen molar-refractivity contribution in [2.45, 2.75) is 12.5 Å². The molecule has 0 bridgehead atoms. The van der Waals surface area contributed by atoms with E-state index in [1.54, 1.807) is 36.5 Å². The lowest BCUT2D eigenvalue weighted by Crippen LogP contribution is -2.45. The average molecular weight is 487 g/mol. The highest BCUT2D eigenvalue weighted by atomic mass is 16.6. The predicted molar refractivity (Wildman–Crippen MR) is 130 cm³/mol. The van der Waals surface area contributed by atoms with Crippen molar-refractivity contribution in [3.8, 4) is 5.75 Å². The second-order valence-corrected chi connectivity index (χ2v) is 7.80. The van der Waals surface area contributed by atoms with Gasteiger partial charge in [-0.2, -0.15) is 0 Å². The van der Waals surface area contributed by atoms with Crippen molar-refractivity contribution in [2.75, 3.05) is 6.61 Å². The molecule has 1 aromatic heterocycles. The quantitative estimate of drug-likeness (QED) is 0.156. The van der Waals surface area contributed by atoms with Gasteiger partial charge in [0.2, 0.25) is 0 Å². The molecule has 1 atom stereocenters. The minimum absolute atomic E-state index is 0.0818. The van der Waals surface area contributed by atoms with E-state index in [2.05, 4.69) is 10.3 Å². The molecule has 4 aromatic rings. The van der Waals surface area contributed by atoms with E-state index in [1.807, 2.05) is 24.3 Å². The van der Waals surface area contributed by atoms with Crippen LogP contribution < -0.4 is 10.1 Å². The molecule has 182 valence electrons. The highest BCUT2D eigenvalue weighted by Gasteiger charge is 2.26. The Kier molecular flexibility index (Phi) is 7.35. The average Bonchev–Trinajstić information content (AvgIpc) is 3.30. The van der Waals surface area contributed by atoms with Crippen molar-refractivity contribution in [1.82, 2.24) is 10.3 Å². The molecule has 0 aliphatic rings. The Morgan fingerprint density at radius 1 is 0.944 bits per heavy atom. The van der Waals surface area contributed by atoms with Crippen LogP contribution in [-0.4, -0.2) is 40.4 Å². The van der Waals surface area contributed by atoms with Crippen LogP contribution in [0.2, 0.25) is 0 Å². The lowest BCUT2D eigenvalue weighted by Gasteiger charge is -2.17. The summed E-state index contributed by atoms with van der Waals surface area (Å²) >= 11 is 0. The van der Waals surface area contributed by atoms with Crippen LogP contribution in [0.15, 0.2) is 85.1 Å². The van der Waals surface area contributed by atoms with E-state index in [-0.39, 0.29) is 17.7 Å². The largest absolute Gasteiger partial charge is 0.456 e. The number of nitrogens with one attached hydrogen (secondary N) is 2. The number of hydrogen-bond acceptors (Lipinski definition) is 7. The Hall–Kier alpha value is -4.99. The fraction of sp³-hybridized carbons (Fsp3) is 0.115. The maximum atomic E-state index is 12.9. The number of nitro benzene ring substituents is 1. The Bertz CT molecular complexity index is 1400. The zero-order valence-corrected chi connectivity index (χ0v) is 18.9. The van der Waals surface area contributed by atoms with Crippen molar-refractivity contribution >= 4 is 34.4 Å². The third-order valence-electron chi connectivity index (χ3n) is 5.37. The number of non-ortho nitro benzene ring substituents is 1. The topological polar surface area (TPSA) is 141 Å². The van der Waals surface area contributed by atoms with E-state index in [0.717, 1.165) is 16.5 Å². The molecule has 2 N–H and O–H groups in total. The summed E-state index contributed by atoms with van der Waals surface area (Å²) in [4.78, 5) is 51.2. The van der Waals surface area contributed by atoms with Crippen molar-refractivity contribution in [2.24, 2.45) is 0 Å². The summed E-state index contributed by atoms with van der Waals surface area (Å²) in [5.74, 6) is -1.08. The van der Waals surface area contributed by atoms with E-state index >= 15 is 0 Å². The second-order valence-electron chi connectivity index (χ2n) is 7.80. The van der Waals surface area contributed by atoms with E-state index in [4.69, 9.17) is 9.47 Å². The lowest BCUT2D eigenvalue weighted by atomic mass is 10.1. The molecule has 0 spiro atoms. The van der Waals surface area contributed by atoms with Gasteiger partial charge in [0, 0.05) is 41.2 Å². The number of nitro groups is 1. The number of benzene rings is 3. The SMILES string of the molecule is O=C(N[C@@H](Cc1c[nH]c2ccccc12)C(=O)OCC(=O)c1ccc([N+](=O)[O-])cc1)Oc1ccccc1. The van der Waals surface area contributed by atoms with Gasteiger partial charge in [-0.15, -0.1) is 0 Å². The molecule has 0 saturated heterocycles. The van der Waals surface area contributed by atoms with E-state index in [9.17, 15) is 24.5 Å². The highest BCUT2D eigenvalue weighted by Crippen LogP contribution is 2.20. The number of carbonyl (C=O) groups is 3. The van der Waals surface area contributed by atoms with Crippen LogP contribution in [0, 0.1) is 10.1 Å². The van der Waals surface area contributed by atoms with Gasteiger partial charge in [0.15, 0.2) is 12.4 Å². The maximum Gasteiger partial charge on any atom is 0.413 e. The minimum atomic E-state index is -1.15. The van der Waals surface area contributed by atoms with Gasteiger partial charge in [-0.05, 0) is 35.9 Å². The van der Waals surface area contributed by atoms with E-state index in [0.29, 0.717) is 5.75 Å². The first-order valence-electron chi connectivity index (χ1n) is 10.9. The number of nitrogens with zero attached hydrogens (tertiary/aromatic N) is 1. The van der Waals surface area contributed by atoms with Crippen LogP contribution in [0.4, 0.5) is 10.5 Å². The molecule has 36 heavy (non-hydrogen) atoms. The van der Waals surface area contributed by atoms with Crippen LogP contribution >= 0.6 is 0 Å². The van der Waals surface area contributed by atoms with Gasteiger partial charge in [-0.25, -0.2) is 9.59 Å². The molecule has 0 saturated carbocycles. The molecule has 1 heterocycles. The van der Waals surface area contributed by atoms with Crippen molar-refractivity contribution in [3.63, 3.8) is 0 Å². The molecule has 0 radical (unpaired) electrons. The van der Waals surface area contributed by atoms with Gasteiger partial charge in [-0.3, -0.25) is 14.9 Å². The molecule has 10 heteroatoms. The Labute approximate surface area is 205 Å². The van der Waals surface area contributed by atoms with Crippen molar-refractivity contribution in [3.05, 3.63) is 106 Å². The maximum absolute atomic E-state index is 12.9. The van der Waals surface area contributed by atoms with Crippen molar-refractivity contribution < 1.29 is 28.8 Å². The first-order valence-corrected chi connectivity index (χ1v) is 10.9. The standard InChI is InChI=1S/C26H21N3O7/c30-24(17-10-12-19(13-11-17)29(33)34)16-35-25(31)23(28-26(32)36-20-6-2-1-3-7-20)14-18-15-27-22-9-5-4-8-21(18)22/h1-13,15,23,27H,14,16H2,(H,28,32)/t23-/m0/s1. The number of ketones is 1. The molecule has 0 fully saturated rings. The number of amides is 1. The number of hydrogen-bond donors (Lipinski definition) is 2. The van der Waals surface area contributed by atoms with Crippen molar-refractivity contribution in [1.29, 1.82) is 0 Å². The summed E-state index contributed by atoms with van der Waals surface area (Å²) in [6.07, 6.45) is 0.958. The van der Waals surface area contributed by atoms with Gasteiger partial charge in [0.25, 0.3) is 5.69 Å². The zero-order valence-electron chi connectivity index (χ0n) is 18.9. The number of rotatable bonds is 9. The third kappa shape index (κ3) is 5.92. The van der Waals surface area contributed by atoms with Crippen LogP contribution in [0.3, 0.4) is 0 Å². The third-order valence-corrected chi connectivity index (χ3v) is 5.37. The highest BCUT2D eigenvalue weighted by molar-refractivity contribution is 5.98. The Morgan fingerprint density at radius 2 is 1.64 bits per heavy atom. The number of esters is 1. The second kappa shape index (κ2) is 11.0. The number of H-pyrrole nitrogens is 1. The van der Waals surface area contributed by atoms with Crippen LogP contribution in [-0.2, 0) is 16.0 Å². The molecule has 10 nitrogen and oxygen atoms in total. The van der Waals surface area contributed by atoms with Gasteiger partial charge < -0.3 is 19.8 Å². The first kappa shape index (κ1) is 24.1. The number of Topliss-reactive ketones (excluding diaryl/α,β-unsaturated/α-hetero) is 1. The summed E-state index contributed by atoms with van der Waals surface area (Å²) in [7, 11) is 0. The summed E-state index contributed by atoms with van der Waals surface area (Å²) in [6, 6.07) is 19.6. The predicted octanol–water partition coefficient (Wildman–Crippen LogP) is 4.20. The first-order chi connectivity index (χ1) is 17.4. The summed E-state index contributed by atoms with van der Waals surface area (Å²) in [5.41, 5.74) is 1.61. The van der Waals surface area contributed by atoms with Crippen LogP contribution in [0.5, 0.6) is 5.75 Å². The van der Waals surface area contributed by atoms with Gasteiger partial charge >= 0.3 is 12.1 Å². The summed E-state index contributed by atoms with van der Waals surface area (Å²) in [6.45, 7) is -0.601. The monoisotopic (exact) mass is 487 g/mol. The molecular weight excluding hydrogens is 466 g/mol. The Balaban J connectivity index is 1.46. The van der Waals surface area contributed by atoms with E-state index in [1.165, 1.54) is 24.3 Å². The smallest absolute Gasteiger partial charge is 0.413 e. The molecule has 1 amide bonds. The zero-order chi connectivity index (χ0) is 25.5. The number of fused-ring (bicyclic) bond motifs is 1. The fourth-order valence-corrected chi connectivity index (χ4v) is 3.57. The molecule has 4 rings (SSSR count). The minimum Gasteiger partial charge on any atom is -0.456 e. The lowest BCUT2D eigenvalue weighted by molar-refractivity contribution is -0.384. The molecule has 3 aromatic carbocycles. The molecule has 0 aliphatic heterocycles. The summed E-state index contributed by atoms with van der Waals surface area (Å²) < 4.78 is 10.4. The fourth-order valence-electron chi connectivity index (χ4n) is 3.57. The van der Waals surface area contributed by atoms with Gasteiger partial charge in [0.05, 0.1) is 4.92 Å². The van der Waals surface area contributed by atoms with E-state index < -0.39 is 35.4 Å². The van der Waals surface area contributed by atoms with Crippen LogP contribution in [0.1, 0.15) is 15.9 Å². The van der Waals surface area contributed by atoms with Gasteiger partial charge in [0.1, 0.15) is 11.8 Å². The summed E-state index contributed by atoms with van der Waals surface area (Å²) in [5, 5.41) is 14.2. The normalized spacial score (nSPS) is 11.4. The molecule has 0 aliphatic carbocycles. The van der Waals surface area contributed by atoms with Crippen LogP contribution in [0.25, 0.3) is 10.9 Å². The Morgan fingerprint density at radius 3 is 2.36 bits per heavy atom. The number of carbonyl (C=O) groups excluding carboxylic acids is 3. The number of aromatic nitrogens is 1. The number of aromatic amines is 1.